The van der Waals surface area contributed by atoms with Gasteiger partial charge in [0.25, 0.3) is 0 Å². The molecule has 1 aliphatic carbocycles. The lowest BCUT2D eigenvalue weighted by atomic mass is 9.84. The number of rotatable bonds is 28. The monoisotopic (exact) mass is 920 g/mol. The van der Waals surface area contributed by atoms with Crippen LogP contribution in [0.5, 0.6) is 0 Å². The van der Waals surface area contributed by atoms with E-state index in [0.29, 0.717) is 0 Å². The van der Waals surface area contributed by atoms with Gasteiger partial charge < -0.3 is 43.0 Å². The zero-order chi connectivity index (χ0) is 45.5. The van der Waals surface area contributed by atoms with Crippen LogP contribution >= 0.6 is 7.82 Å². The van der Waals surface area contributed by atoms with E-state index in [1.54, 1.807) is 0 Å². The van der Waals surface area contributed by atoms with Crippen molar-refractivity contribution >= 4 is 7.82 Å². The lowest BCUT2D eigenvalue weighted by Crippen LogP contribution is -2.67. The van der Waals surface area contributed by atoms with Crippen molar-refractivity contribution in [1.29, 1.82) is 0 Å². The summed E-state index contributed by atoms with van der Waals surface area (Å²) in [6.45, 7) is -0.507. The first-order valence-corrected chi connectivity index (χ1v) is 23.3. The molecule has 0 bridgehead atoms. The molecule has 6 aromatic rings. The number of hydrogen-bond acceptors (Lipinski definition) is 13. The molecule has 0 amide bonds. The van der Waals surface area contributed by atoms with Gasteiger partial charge in [0.05, 0.1) is 39.6 Å². The van der Waals surface area contributed by atoms with Crippen molar-refractivity contribution in [3.05, 3.63) is 215 Å². The first-order chi connectivity index (χ1) is 32.5. The molecule has 2 unspecified atom stereocenters. The minimum Gasteiger partial charge on any atom is -0.387 e. The first kappa shape index (κ1) is 49.0. The summed E-state index contributed by atoms with van der Waals surface area (Å²) in [5.74, 6) is 0. The van der Waals surface area contributed by atoms with Gasteiger partial charge in [0.1, 0.15) is 63.8 Å². The molecular formula is C52H57O13P. The van der Waals surface area contributed by atoms with Crippen molar-refractivity contribution in [1.82, 2.24) is 0 Å². The van der Waals surface area contributed by atoms with Crippen molar-refractivity contribution in [2.24, 2.45) is 0 Å². The summed E-state index contributed by atoms with van der Waals surface area (Å²) in [5.41, 5.74) is 5.10. The maximum atomic E-state index is 15.2. The Labute approximate surface area is 386 Å². The molecule has 1 fully saturated rings. The summed E-state index contributed by atoms with van der Waals surface area (Å²) in [6, 6.07) is 56.9. The Bertz CT molecular complexity index is 2090. The number of aliphatic hydroxyl groups is 1. The standard InChI is InChI=1S/C52H57O13P/c53-47-48(59-37-55-31-41-19-7-1-8-20-41)50(61-39-57-33-43-23-11-3-12-24-43)52(65-66(54,63-35-45-27-15-5-16-28-45)64-36-46-29-17-6-18-30-46)51(62-40-58-34-44-25-13-4-14-26-44)49(47)60-38-56-32-42-21-9-2-10-22-42/h1-30,47-53H,31-40H2/t47?,48-,49-,50-,51+,52?/m0/s1. The predicted molar refractivity (Wildman–Crippen MR) is 245 cm³/mol. The zero-order valence-electron chi connectivity index (χ0n) is 36.6. The predicted octanol–water partition coefficient (Wildman–Crippen LogP) is 9.53. The van der Waals surface area contributed by atoms with Crippen LogP contribution in [-0.4, -0.2) is 68.9 Å². The van der Waals surface area contributed by atoms with E-state index in [0.717, 1.165) is 33.4 Å². The number of phosphoric acid groups is 1. The molecule has 66 heavy (non-hydrogen) atoms. The van der Waals surface area contributed by atoms with Gasteiger partial charge in [-0.05, 0) is 33.4 Å². The molecule has 7 rings (SSSR count). The fourth-order valence-electron chi connectivity index (χ4n) is 7.17. The van der Waals surface area contributed by atoms with Crippen molar-refractivity contribution < 1.29 is 61.1 Å². The van der Waals surface area contributed by atoms with Gasteiger partial charge in [-0.3, -0.25) is 13.6 Å². The molecule has 348 valence electrons. The summed E-state index contributed by atoms with van der Waals surface area (Å²) >= 11 is 0. The van der Waals surface area contributed by atoms with Gasteiger partial charge in [-0.1, -0.05) is 182 Å². The highest BCUT2D eigenvalue weighted by Gasteiger charge is 2.56. The highest BCUT2D eigenvalue weighted by molar-refractivity contribution is 7.48. The molecule has 1 N–H and O–H groups in total. The molecule has 1 saturated carbocycles. The van der Waals surface area contributed by atoms with Crippen LogP contribution in [0.2, 0.25) is 0 Å². The average Bonchev–Trinajstić information content (AvgIpc) is 3.37. The molecule has 0 heterocycles. The second kappa shape index (κ2) is 27.0. The van der Waals surface area contributed by atoms with Gasteiger partial charge in [0.15, 0.2) is 0 Å². The minimum atomic E-state index is -4.58. The Hall–Kier alpha value is -4.93. The number of ether oxygens (including phenoxy) is 8. The third-order valence-corrected chi connectivity index (χ3v) is 11.9. The summed E-state index contributed by atoms with van der Waals surface area (Å²) in [6.07, 6.45) is -7.84. The highest BCUT2D eigenvalue weighted by atomic mass is 31.2. The zero-order valence-corrected chi connectivity index (χ0v) is 37.5. The fourth-order valence-corrected chi connectivity index (χ4v) is 8.52. The molecule has 6 aromatic carbocycles. The number of benzene rings is 6. The van der Waals surface area contributed by atoms with Crippen molar-refractivity contribution in [3.63, 3.8) is 0 Å². The largest absolute Gasteiger partial charge is 0.475 e. The maximum Gasteiger partial charge on any atom is 0.475 e. The molecule has 0 spiro atoms. The second-order valence-electron chi connectivity index (χ2n) is 15.4. The Morgan fingerprint density at radius 3 is 0.848 bits per heavy atom. The third kappa shape index (κ3) is 15.9. The molecular weight excluding hydrogens is 864 g/mol. The van der Waals surface area contributed by atoms with E-state index in [4.69, 9.17) is 51.5 Å². The van der Waals surface area contributed by atoms with Crippen LogP contribution in [0.25, 0.3) is 0 Å². The molecule has 0 radical (unpaired) electrons. The Morgan fingerprint density at radius 1 is 0.333 bits per heavy atom. The molecule has 6 atom stereocenters. The average molecular weight is 921 g/mol. The van der Waals surface area contributed by atoms with Crippen LogP contribution < -0.4 is 0 Å². The summed E-state index contributed by atoms with van der Waals surface area (Å²) in [4.78, 5) is 0. The summed E-state index contributed by atoms with van der Waals surface area (Å²) in [7, 11) is -4.58. The number of aliphatic hydroxyl groups excluding tert-OH is 1. The van der Waals surface area contributed by atoms with Crippen LogP contribution in [-0.2, 0) is 95.7 Å². The maximum absolute atomic E-state index is 15.2. The van der Waals surface area contributed by atoms with E-state index in [9.17, 15) is 5.11 Å². The van der Waals surface area contributed by atoms with Gasteiger partial charge >= 0.3 is 7.82 Å². The van der Waals surface area contributed by atoms with Crippen molar-refractivity contribution in [2.75, 3.05) is 27.2 Å². The van der Waals surface area contributed by atoms with Crippen LogP contribution in [0.3, 0.4) is 0 Å². The quantitative estimate of drug-likeness (QED) is 0.0284. The van der Waals surface area contributed by atoms with Crippen LogP contribution in [0.15, 0.2) is 182 Å². The van der Waals surface area contributed by atoms with E-state index in [1.165, 1.54) is 0 Å². The number of phosphoric ester groups is 1. The lowest BCUT2D eigenvalue weighted by Gasteiger charge is -2.48. The van der Waals surface area contributed by atoms with E-state index in [-0.39, 0.29) is 66.8 Å². The Morgan fingerprint density at radius 2 is 0.576 bits per heavy atom. The minimum absolute atomic E-state index is 0.125. The number of hydrogen-bond donors (Lipinski definition) is 1. The smallest absolute Gasteiger partial charge is 0.387 e. The van der Waals surface area contributed by atoms with Crippen LogP contribution in [0, 0.1) is 0 Å². The van der Waals surface area contributed by atoms with Crippen molar-refractivity contribution in [3.8, 4) is 0 Å². The first-order valence-electron chi connectivity index (χ1n) is 21.8. The Balaban J connectivity index is 1.21. The molecule has 1 aliphatic rings. The fraction of sp³-hybridized carbons (Fsp3) is 0.308. The third-order valence-electron chi connectivity index (χ3n) is 10.5. The SMILES string of the molecule is O=P(OCc1ccccc1)(OCc1ccccc1)OC1[C@@H](OCOCc2ccccc2)[C@@H](OCOCc2ccccc2)C(O)[C@H](OCOCc2ccccc2)[C@H]1OCOCc1ccccc1. The molecule has 0 aromatic heterocycles. The highest BCUT2D eigenvalue weighted by Crippen LogP contribution is 2.54. The van der Waals surface area contributed by atoms with E-state index < -0.39 is 44.4 Å². The van der Waals surface area contributed by atoms with E-state index in [1.807, 2.05) is 182 Å². The van der Waals surface area contributed by atoms with E-state index >= 15 is 4.57 Å². The van der Waals surface area contributed by atoms with Gasteiger partial charge in [-0.15, -0.1) is 0 Å². The second-order valence-corrected chi connectivity index (χ2v) is 17.0. The van der Waals surface area contributed by atoms with Crippen LogP contribution in [0.1, 0.15) is 33.4 Å². The van der Waals surface area contributed by atoms with Gasteiger partial charge in [-0.25, -0.2) is 4.57 Å². The van der Waals surface area contributed by atoms with Crippen molar-refractivity contribution in [2.45, 2.75) is 76.3 Å². The topological polar surface area (TPSA) is 139 Å². The van der Waals surface area contributed by atoms with Gasteiger partial charge in [0, 0.05) is 0 Å². The Kier molecular flexibility index (Phi) is 20.1. The lowest BCUT2D eigenvalue weighted by molar-refractivity contribution is -0.303. The molecule has 0 aliphatic heterocycles. The normalized spacial score (nSPS) is 19.7. The summed E-state index contributed by atoms with van der Waals surface area (Å²) < 4.78 is 83.9. The molecule has 13 nitrogen and oxygen atoms in total. The molecule has 0 saturated heterocycles. The van der Waals surface area contributed by atoms with E-state index in [2.05, 4.69) is 0 Å². The summed E-state index contributed by atoms with van der Waals surface area (Å²) in [5, 5.41) is 12.4. The van der Waals surface area contributed by atoms with Crippen LogP contribution in [0.4, 0.5) is 0 Å². The van der Waals surface area contributed by atoms with Gasteiger partial charge in [-0.2, -0.15) is 0 Å². The van der Waals surface area contributed by atoms with Gasteiger partial charge in [0.2, 0.25) is 0 Å². The molecule has 14 heteroatoms.